The molecule has 1 aliphatic rings. The Labute approximate surface area is 127 Å². The third-order valence-corrected chi connectivity index (χ3v) is 3.87. The molecule has 0 radical (unpaired) electrons. The number of hydrogen-bond donors (Lipinski definition) is 2. The Balaban J connectivity index is 2.04. The number of carboxylic acid groups (broad SMARTS) is 1. The standard InChI is InChI=1S/C17H15NO4/c19-14(20)11-17(22)15(12-7-3-1-4-8-12)18(16(17)21)13-9-5-2-6-10-13/h1-10,15,22H,11H2,(H,19,20)/t15-,17+/m1/s1. The van der Waals surface area contributed by atoms with Crippen molar-refractivity contribution in [3.63, 3.8) is 0 Å². The number of para-hydroxylation sites is 1. The van der Waals surface area contributed by atoms with E-state index in [1.807, 2.05) is 12.1 Å². The van der Waals surface area contributed by atoms with Gasteiger partial charge >= 0.3 is 5.97 Å². The maximum Gasteiger partial charge on any atom is 0.306 e. The van der Waals surface area contributed by atoms with Gasteiger partial charge in [0.1, 0.15) is 6.04 Å². The summed E-state index contributed by atoms with van der Waals surface area (Å²) < 4.78 is 0. The van der Waals surface area contributed by atoms with Crippen molar-refractivity contribution in [2.24, 2.45) is 0 Å². The van der Waals surface area contributed by atoms with Gasteiger partial charge in [-0.3, -0.25) is 14.5 Å². The van der Waals surface area contributed by atoms with Crippen LogP contribution in [0.1, 0.15) is 18.0 Å². The Morgan fingerprint density at radius 3 is 2.14 bits per heavy atom. The average molecular weight is 297 g/mol. The van der Waals surface area contributed by atoms with Crippen molar-refractivity contribution < 1.29 is 19.8 Å². The molecule has 0 saturated carbocycles. The number of nitrogens with zero attached hydrogens (tertiary/aromatic N) is 1. The van der Waals surface area contributed by atoms with E-state index in [1.54, 1.807) is 48.5 Å². The number of carboxylic acids is 1. The van der Waals surface area contributed by atoms with Gasteiger partial charge in [-0.15, -0.1) is 0 Å². The molecule has 1 aliphatic heterocycles. The second-order valence-corrected chi connectivity index (χ2v) is 5.32. The number of hydrogen-bond acceptors (Lipinski definition) is 3. The van der Waals surface area contributed by atoms with Gasteiger partial charge in [0.05, 0.1) is 6.42 Å². The number of amides is 1. The fourth-order valence-electron chi connectivity index (χ4n) is 2.91. The summed E-state index contributed by atoms with van der Waals surface area (Å²) in [5.74, 6) is -1.79. The van der Waals surface area contributed by atoms with Gasteiger partial charge < -0.3 is 10.2 Å². The molecule has 3 rings (SSSR count). The van der Waals surface area contributed by atoms with Crippen molar-refractivity contribution >= 4 is 17.6 Å². The lowest BCUT2D eigenvalue weighted by molar-refractivity contribution is -0.163. The fourth-order valence-corrected chi connectivity index (χ4v) is 2.91. The van der Waals surface area contributed by atoms with Crippen molar-refractivity contribution in [3.05, 3.63) is 66.2 Å². The van der Waals surface area contributed by atoms with Gasteiger partial charge in [0.25, 0.3) is 5.91 Å². The number of rotatable bonds is 4. The molecule has 1 saturated heterocycles. The van der Waals surface area contributed by atoms with Gasteiger partial charge in [0.2, 0.25) is 0 Å². The van der Waals surface area contributed by atoms with Crippen LogP contribution in [0.15, 0.2) is 60.7 Å². The summed E-state index contributed by atoms with van der Waals surface area (Å²) in [6.07, 6.45) is -0.616. The molecule has 2 atom stereocenters. The number of carbonyl (C=O) groups is 2. The van der Waals surface area contributed by atoms with Crippen LogP contribution in [0.5, 0.6) is 0 Å². The molecule has 5 nitrogen and oxygen atoms in total. The molecule has 2 aromatic carbocycles. The monoisotopic (exact) mass is 297 g/mol. The number of β-lactam (4-membered cyclic amide) rings is 1. The highest BCUT2D eigenvalue weighted by Gasteiger charge is 2.61. The van der Waals surface area contributed by atoms with E-state index in [4.69, 9.17) is 5.11 Å². The van der Waals surface area contributed by atoms with Crippen LogP contribution in [0.4, 0.5) is 5.69 Å². The number of benzene rings is 2. The van der Waals surface area contributed by atoms with E-state index >= 15 is 0 Å². The van der Waals surface area contributed by atoms with Crippen LogP contribution in [-0.4, -0.2) is 27.7 Å². The van der Waals surface area contributed by atoms with E-state index in [0.717, 1.165) is 0 Å². The Kier molecular flexibility index (Phi) is 3.42. The number of aliphatic hydroxyl groups is 1. The Morgan fingerprint density at radius 1 is 1.05 bits per heavy atom. The predicted molar refractivity (Wildman–Crippen MR) is 80.3 cm³/mol. The normalized spacial score (nSPS) is 24.0. The van der Waals surface area contributed by atoms with Crippen LogP contribution in [0, 0.1) is 0 Å². The summed E-state index contributed by atoms with van der Waals surface area (Å²) in [4.78, 5) is 24.9. The molecular formula is C17H15NO4. The summed E-state index contributed by atoms with van der Waals surface area (Å²) in [6, 6.07) is 17.2. The molecule has 2 N–H and O–H groups in total. The van der Waals surface area contributed by atoms with Gasteiger partial charge in [-0.25, -0.2) is 0 Å². The minimum atomic E-state index is -1.91. The maximum atomic E-state index is 12.4. The second-order valence-electron chi connectivity index (χ2n) is 5.32. The fraction of sp³-hybridized carbons (Fsp3) is 0.176. The number of aliphatic carboxylic acids is 1. The quantitative estimate of drug-likeness (QED) is 0.846. The first-order valence-electron chi connectivity index (χ1n) is 6.92. The van der Waals surface area contributed by atoms with Gasteiger partial charge in [0.15, 0.2) is 5.60 Å². The molecule has 0 unspecified atom stereocenters. The minimum Gasteiger partial charge on any atom is -0.481 e. The van der Waals surface area contributed by atoms with E-state index in [2.05, 4.69) is 0 Å². The predicted octanol–water partition coefficient (Wildman–Crippen LogP) is 1.98. The highest BCUT2D eigenvalue weighted by atomic mass is 16.4. The molecule has 0 aromatic heterocycles. The highest BCUT2D eigenvalue weighted by Crippen LogP contribution is 2.47. The maximum absolute atomic E-state index is 12.4. The molecule has 112 valence electrons. The van der Waals surface area contributed by atoms with E-state index < -0.39 is 29.9 Å². The lowest BCUT2D eigenvalue weighted by Gasteiger charge is -2.52. The van der Waals surface area contributed by atoms with E-state index in [-0.39, 0.29) is 0 Å². The first-order chi connectivity index (χ1) is 10.5. The molecule has 1 heterocycles. The molecule has 0 bridgehead atoms. The third kappa shape index (κ3) is 2.16. The Bertz CT molecular complexity index is 701. The summed E-state index contributed by atoms with van der Waals surface area (Å²) in [5.41, 5.74) is -0.575. The first kappa shape index (κ1) is 14.3. The molecule has 5 heteroatoms. The highest BCUT2D eigenvalue weighted by molar-refractivity contribution is 6.09. The summed E-state index contributed by atoms with van der Waals surface area (Å²) in [7, 11) is 0. The van der Waals surface area contributed by atoms with Gasteiger partial charge in [-0.1, -0.05) is 48.5 Å². The van der Waals surface area contributed by atoms with Crippen molar-refractivity contribution in [1.82, 2.24) is 0 Å². The molecule has 0 spiro atoms. The largest absolute Gasteiger partial charge is 0.481 e. The van der Waals surface area contributed by atoms with E-state index in [9.17, 15) is 14.7 Å². The van der Waals surface area contributed by atoms with E-state index in [0.29, 0.717) is 11.3 Å². The minimum absolute atomic E-state index is 0.588. The van der Waals surface area contributed by atoms with Crippen LogP contribution in [0.2, 0.25) is 0 Å². The Morgan fingerprint density at radius 2 is 1.59 bits per heavy atom. The molecule has 2 aromatic rings. The molecule has 1 fully saturated rings. The topological polar surface area (TPSA) is 77.8 Å². The lowest BCUT2D eigenvalue weighted by Crippen LogP contribution is -2.69. The van der Waals surface area contributed by atoms with Crippen LogP contribution in [-0.2, 0) is 9.59 Å². The molecule has 1 amide bonds. The van der Waals surface area contributed by atoms with Crippen molar-refractivity contribution in [2.75, 3.05) is 4.90 Å². The smallest absolute Gasteiger partial charge is 0.306 e. The average Bonchev–Trinajstić information content (AvgIpc) is 2.52. The van der Waals surface area contributed by atoms with Crippen molar-refractivity contribution in [1.29, 1.82) is 0 Å². The second kappa shape index (κ2) is 5.27. The summed E-state index contributed by atoms with van der Waals surface area (Å²) in [5, 5.41) is 19.6. The van der Waals surface area contributed by atoms with Gasteiger partial charge in [-0.05, 0) is 17.7 Å². The van der Waals surface area contributed by atoms with Crippen LogP contribution < -0.4 is 4.90 Å². The lowest BCUT2D eigenvalue weighted by atomic mass is 9.75. The van der Waals surface area contributed by atoms with Gasteiger partial charge in [-0.2, -0.15) is 0 Å². The SMILES string of the molecule is O=C(O)C[C@@]1(O)C(=O)N(c2ccccc2)[C@@H]1c1ccccc1. The van der Waals surface area contributed by atoms with Crippen molar-refractivity contribution in [2.45, 2.75) is 18.1 Å². The molecular weight excluding hydrogens is 282 g/mol. The van der Waals surface area contributed by atoms with Gasteiger partial charge in [0, 0.05) is 5.69 Å². The third-order valence-electron chi connectivity index (χ3n) is 3.87. The van der Waals surface area contributed by atoms with Crippen molar-refractivity contribution in [3.8, 4) is 0 Å². The first-order valence-corrected chi connectivity index (χ1v) is 6.92. The Hall–Kier alpha value is -2.66. The summed E-state index contributed by atoms with van der Waals surface area (Å²) in [6.45, 7) is 0. The molecule has 0 aliphatic carbocycles. The number of anilines is 1. The van der Waals surface area contributed by atoms with Crippen LogP contribution in [0.25, 0.3) is 0 Å². The van der Waals surface area contributed by atoms with Crippen LogP contribution in [0.3, 0.4) is 0 Å². The zero-order valence-corrected chi connectivity index (χ0v) is 11.7. The molecule has 22 heavy (non-hydrogen) atoms. The van der Waals surface area contributed by atoms with Crippen LogP contribution >= 0.6 is 0 Å². The van der Waals surface area contributed by atoms with E-state index in [1.165, 1.54) is 4.90 Å². The zero-order valence-electron chi connectivity index (χ0n) is 11.7. The number of carbonyl (C=O) groups excluding carboxylic acids is 1. The zero-order chi connectivity index (χ0) is 15.7. The summed E-state index contributed by atoms with van der Waals surface area (Å²) >= 11 is 0.